The van der Waals surface area contributed by atoms with Crippen molar-refractivity contribution >= 4 is 5.91 Å². The molecule has 0 spiro atoms. The van der Waals surface area contributed by atoms with E-state index in [9.17, 15) is 4.79 Å². The molecule has 0 saturated carbocycles. The van der Waals surface area contributed by atoms with Gasteiger partial charge in [-0.15, -0.1) is 0 Å². The van der Waals surface area contributed by atoms with E-state index >= 15 is 0 Å². The topological polar surface area (TPSA) is 46.3 Å². The van der Waals surface area contributed by atoms with Gasteiger partial charge >= 0.3 is 0 Å². The summed E-state index contributed by atoms with van der Waals surface area (Å²) in [6.07, 6.45) is 6.32. The third-order valence-electron chi connectivity index (χ3n) is 3.23. The van der Waals surface area contributed by atoms with E-state index in [-0.39, 0.29) is 0 Å². The Morgan fingerprint density at radius 1 is 1.33 bits per heavy atom. The van der Waals surface area contributed by atoms with Crippen molar-refractivity contribution in [3.05, 3.63) is 0 Å². The Hall–Kier alpha value is -0.570. The number of carbonyl (C=O) groups is 1. The van der Waals surface area contributed by atoms with Gasteiger partial charge in [-0.3, -0.25) is 4.79 Å². The number of unbranched alkanes of at least 4 members (excludes halogenated alkanes) is 2. The number of hydrogen-bond acceptors (Lipinski definition) is 2. The van der Waals surface area contributed by atoms with Gasteiger partial charge in [0.25, 0.3) is 0 Å². The molecule has 1 saturated heterocycles. The fraction of sp³-hybridized carbons (Fsp3) is 0.917. The van der Waals surface area contributed by atoms with Crippen molar-refractivity contribution in [2.24, 2.45) is 11.7 Å². The van der Waals surface area contributed by atoms with Crippen molar-refractivity contribution in [1.29, 1.82) is 0 Å². The molecule has 1 aliphatic heterocycles. The molecular weight excluding hydrogens is 188 g/mol. The van der Waals surface area contributed by atoms with E-state index in [1.165, 1.54) is 6.42 Å². The molecule has 1 unspecified atom stereocenters. The van der Waals surface area contributed by atoms with E-state index in [0.29, 0.717) is 11.8 Å². The Kier molecular flexibility index (Phi) is 5.69. The first-order chi connectivity index (χ1) is 7.24. The summed E-state index contributed by atoms with van der Waals surface area (Å²) in [4.78, 5) is 13.8. The second-order valence-electron chi connectivity index (χ2n) is 4.66. The third kappa shape index (κ3) is 4.65. The molecule has 1 amide bonds. The van der Waals surface area contributed by atoms with Crippen molar-refractivity contribution in [3.63, 3.8) is 0 Å². The number of nitrogens with two attached hydrogens (primary N) is 1. The lowest BCUT2D eigenvalue weighted by atomic mass is 10.0. The lowest BCUT2D eigenvalue weighted by Gasteiger charge is -2.20. The van der Waals surface area contributed by atoms with Crippen molar-refractivity contribution in [2.45, 2.75) is 45.4 Å². The van der Waals surface area contributed by atoms with Crippen LogP contribution in [0.15, 0.2) is 0 Å². The van der Waals surface area contributed by atoms with Crippen LogP contribution in [0.25, 0.3) is 0 Å². The van der Waals surface area contributed by atoms with Gasteiger partial charge in [0.1, 0.15) is 0 Å². The number of rotatable bonds is 5. The molecule has 1 fully saturated rings. The molecule has 0 aliphatic carbocycles. The first kappa shape index (κ1) is 12.5. The average molecular weight is 212 g/mol. The van der Waals surface area contributed by atoms with Crippen molar-refractivity contribution in [1.82, 2.24) is 4.90 Å². The van der Waals surface area contributed by atoms with Crippen LogP contribution >= 0.6 is 0 Å². The first-order valence-corrected chi connectivity index (χ1v) is 6.22. The van der Waals surface area contributed by atoms with Gasteiger partial charge in [-0.05, 0) is 38.1 Å². The van der Waals surface area contributed by atoms with Crippen LogP contribution in [0.1, 0.15) is 45.4 Å². The third-order valence-corrected chi connectivity index (χ3v) is 3.23. The summed E-state index contributed by atoms with van der Waals surface area (Å²) >= 11 is 0. The maximum Gasteiger partial charge on any atom is 0.222 e. The van der Waals surface area contributed by atoms with Crippen LogP contribution in [-0.4, -0.2) is 30.4 Å². The second kappa shape index (κ2) is 6.83. The van der Waals surface area contributed by atoms with Crippen LogP contribution in [0.3, 0.4) is 0 Å². The molecule has 0 aromatic carbocycles. The maximum atomic E-state index is 11.7. The average Bonchev–Trinajstić information content (AvgIpc) is 2.38. The van der Waals surface area contributed by atoms with Crippen molar-refractivity contribution in [3.8, 4) is 0 Å². The summed E-state index contributed by atoms with van der Waals surface area (Å²) in [7, 11) is 0. The van der Waals surface area contributed by atoms with E-state index in [1.807, 2.05) is 4.90 Å². The molecule has 0 radical (unpaired) electrons. The highest BCUT2D eigenvalue weighted by Gasteiger charge is 2.19. The molecule has 15 heavy (non-hydrogen) atoms. The summed E-state index contributed by atoms with van der Waals surface area (Å²) in [6.45, 7) is 4.91. The second-order valence-corrected chi connectivity index (χ2v) is 4.66. The largest absolute Gasteiger partial charge is 0.343 e. The van der Waals surface area contributed by atoms with Gasteiger partial charge in [0.05, 0.1) is 0 Å². The van der Waals surface area contributed by atoms with E-state index in [4.69, 9.17) is 5.73 Å². The van der Waals surface area contributed by atoms with Gasteiger partial charge in [-0.25, -0.2) is 0 Å². The highest BCUT2D eigenvalue weighted by atomic mass is 16.2. The van der Waals surface area contributed by atoms with Crippen LogP contribution in [0.2, 0.25) is 0 Å². The van der Waals surface area contributed by atoms with Crippen LogP contribution in [0.4, 0.5) is 0 Å². The predicted octanol–water partition coefficient (Wildman–Crippen LogP) is 1.76. The van der Waals surface area contributed by atoms with Gasteiger partial charge in [0, 0.05) is 19.5 Å². The molecule has 0 bridgehead atoms. The SMILES string of the molecule is CC1CCC(=O)N(CCCCCN)CC1. The molecule has 2 N–H and O–H groups in total. The van der Waals surface area contributed by atoms with Crippen LogP contribution in [0.5, 0.6) is 0 Å². The molecule has 3 heteroatoms. The summed E-state index contributed by atoms with van der Waals surface area (Å²) in [5.74, 6) is 1.06. The number of likely N-dealkylation sites (tertiary alicyclic amines) is 1. The normalized spacial score (nSPS) is 22.9. The van der Waals surface area contributed by atoms with E-state index in [1.54, 1.807) is 0 Å². The lowest BCUT2D eigenvalue weighted by Crippen LogP contribution is -2.31. The first-order valence-electron chi connectivity index (χ1n) is 6.22. The number of hydrogen-bond donors (Lipinski definition) is 1. The van der Waals surface area contributed by atoms with E-state index < -0.39 is 0 Å². The fourth-order valence-electron chi connectivity index (χ4n) is 2.03. The summed E-state index contributed by atoms with van der Waals surface area (Å²) in [5, 5.41) is 0. The van der Waals surface area contributed by atoms with E-state index in [0.717, 1.165) is 51.7 Å². The minimum absolute atomic E-state index is 0.354. The zero-order chi connectivity index (χ0) is 11.1. The standard InChI is InChI=1S/C12H24N2O/c1-11-5-6-12(15)14(10-7-11)9-4-2-3-8-13/h11H,2-10,13H2,1H3. The molecule has 88 valence electrons. The van der Waals surface area contributed by atoms with Gasteiger partial charge in [0.15, 0.2) is 0 Å². The Balaban J connectivity index is 2.23. The zero-order valence-electron chi connectivity index (χ0n) is 9.87. The van der Waals surface area contributed by atoms with Crippen LogP contribution < -0.4 is 5.73 Å². The predicted molar refractivity (Wildman–Crippen MR) is 62.5 cm³/mol. The Bertz CT molecular complexity index is 194. The molecule has 3 nitrogen and oxygen atoms in total. The Labute approximate surface area is 93.0 Å². The number of carbonyl (C=O) groups excluding carboxylic acids is 1. The van der Waals surface area contributed by atoms with Gasteiger partial charge in [-0.1, -0.05) is 13.3 Å². The van der Waals surface area contributed by atoms with Crippen molar-refractivity contribution in [2.75, 3.05) is 19.6 Å². The highest BCUT2D eigenvalue weighted by Crippen LogP contribution is 2.17. The maximum absolute atomic E-state index is 11.7. The smallest absolute Gasteiger partial charge is 0.222 e. The summed E-state index contributed by atoms with van der Waals surface area (Å²) in [6, 6.07) is 0. The van der Waals surface area contributed by atoms with E-state index in [2.05, 4.69) is 6.92 Å². The molecule has 1 aliphatic rings. The minimum Gasteiger partial charge on any atom is -0.343 e. The summed E-state index contributed by atoms with van der Waals surface area (Å²) in [5.41, 5.74) is 5.44. The van der Waals surface area contributed by atoms with Crippen molar-refractivity contribution < 1.29 is 4.79 Å². The quantitative estimate of drug-likeness (QED) is 0.706. The van der Waals surface area contributed by atoms with Crippen LogP contribution in [-0.2, 0) is 4.79 Å². The Morgan fingerprint density at radius 2 is 2.13 bits per heavy atom. The number of nitrogens with zero attached hydrogens (tertiary/aromatic N) is 1. The summed E-state index contributed by atoms with van der Waals surface area (Å²) < 4.78 is 0. The highest BCUT2D eigenvalue weighted by molar-refractivity contribution is 5.76. The molecule has 0 aromatic heterocycles. The monoisotopic (exact) mass is 212 g/mol. The minimum atomic E-state index is 0.354. The zero-order valence-corrected chi connectivity index (χ0v) is 9.87. The molecule has 1 heterocycles. The van der Waals surface area contributed by atoms with Gasteiger partial charge in [0.2, 0.25) is 5.91 Å². The fourth-order valence-corrected chi connectivity index (χ4v) is 2.03. The van der Waals surface area contributed by atoms with Crippen LogP contribution in [0, 0.1) is 5.92 Å². The molecule has 1 atom stereocenters. The molecule has 1 rings (SSSR count). The number of amides is 1. The van der Waals surface area contributed by atoms with Gasteiger partial charge in [-0.2, -0.15) is 0 Å². The molecule has 0 aromatic rings. The lowest BCUT2D eigenvalue weighted by molar-refractivity contribution is -0.130. The van der Waals surface area contributed by atoms with Gasteiger partial charge < -0.3 is 10.6 Å². The molecular formula is C12H24N2O. The Morgan fingerprint density at radius 3 is 2.87 bits per heavy atom.